The van der Waals surface area contributed by atoms with Crippen molar-refractivity contribution in [2.75, 3.05) is 23.3 Å². The molecule has 188 valence electrons. The van der Waals surface area contributed by atoms with E-state index in [0.717, 1.165) is 25.7 Å². The number of rotatable bonds is 9. The minimum Gasteiger partial charge on any atom is -0.325 e. The van der Waals surface area contributed by atoms with E-state index < -0.39 is 0 Å². The third kappa shape index (κ3) is 5.51. The molecule has 1 atom stereocenters. The van der Waals surface area contributed by atoms with Crippen molar-refractivity contribution in [2.24, 2.45) is 5.92 Å². The average Bonchev–Trinajstić information content (AvgIpc) is 3.30. The van der Waals surface area contributed by atoms with Crippen LogP contribution >= 0.6 is 35.6 Å². The maximum atomic E-state index is 13.6. The first-order chi connectivity index (χ1) is 17.3. The first-order valence-corrected chi connectivity index (χ1v) is 13.7. The minimum atomic E-state index is -0.374. The SMILES string of the molecule is CCCCC(CC)CN1C(=O)C(=C2C(=O)N(CC(=O)Nc3ccc(Cl)cc3)c3ccccc32)SC1=S. The quantitative estimate of drug-likeness (QED) is 0.306. The number of para-hydroxylation sites is 1. The number of nitrogens with zero attached hydrogens (tertiary/aromatic N) is 2. The normalized spacial score (nSPS) is 18.1. The van der Waals surface area contributed by atoms with Gasteiger partial charge in [-0.2, -0.15) is 0 Å². The van der Waals surface area contributed by atoms with Crippen molar-refractivity contribution in [2.45, 2.75) is 39.5 Å². The van der Waals surface area contributed by atoms with Crippen LogP contribution in [-0.4, -0.2) is 40.0 Å². The molecule has 2 aliphatic heterocycles. The fourth-order valence-corrected chi connectivity index (χ4v) is 5.89. The Balaban J connectivity index is 1.58. The summed E-state index contributed by atoms with van der Waals surface area (Å²) in [5.74, 6) is -0.598. The lowest BCUT2D eigenvalue weighted by Crippen LogP contribution is -2.36. The molecule has 1 unspecified atom stereocenters. The van der Waals surface area contributed by atoms with E-state index in [1.54, 1.807) is 35.2 Å². The summed E-state index contributed by atoms with van der Waals surface area (Å²) in [4.78, 5) is 43.3. The molecule has 1 saturated heterocycles. The summed E-state index contributed by atoms with van der Waals surface area (Å²) in [6.45, 7) is 4.65. The molecular formula is C27H28ClN3O3S2. The predicted octanol–water partition coefficient (Wildman–Crippen LogP) is 6.11. The molecule has 1 N–H and O–H groups in total. The second kappa shape index (κ2) is 11.6. The Kier molecular flexibility index (Phi) is 8.49. The Labute approximate surface area is 226 Å². The molecule has 2 aromatic carbocycles. The Morgan fingerprint density at radius 2 is 1.78 bits per heavy atom. The number of carbonyl (C=O) groups excluding carboxylic acids is 3. The van der Waals surface area contributed by atoms with E-state index in [9.17, 15) is 14.4 Å². The molecule has 2 aromatic rings. The van der Waals surface area contributed by atoms with Gasteiger partial charge in [-0.1, -0.05) is 86.9 Å². The molecule has 2 aliphatic rings. The van der Waals surface area contributed by atoms with Gasteiger partial charge in [-0.05, 0) is 42.7 Å². The molecule has 9 heteroatoms. The van der Waals surface area contributed by atoms with Crippen LogP contribution in [0.4, 0.5) is 11.4 Å². The maximum Gasteiger partial charge on any atom is 0.267 e. The highest BCUT2D eigenvalue weighted by atomic mass is 35.5. The third-order valence-corrected chi connectivity index (χ3v) is 8.11. The second-order valence-electron chi connectivity index (χ2n) is 8.87. The highest BCUT2D eigenvalue weighted by Crippen LogP contribution is 2.44. The number of nitrogens with one attached hydrogen (secondary N) is 1. The van der Waals surface area contributed by atoms with Crippen molar-refractivity contribution in [3.8, 4) is 0 Å². The number of hydrogen-bond donors (Lipinski definition) is 1. The number of carbonyl (C=O) groups is 3. The summed E-state index contributed by atoms with van der Waals surface area (Å²) < 4.78 is 0.474. The molecule has 0 aromatic heterocycles. The summed E-state index contributed by atoms with van der Waals surface area (Å²) in [7, 11) is 0. The van der Waals surface area contributed by atoms with Gasteiger partial charge in [-0.15, -0.1) is 0 Å². The van der Waals surface area contributed by atoms with Crippen molar-refractivity contribution in [1.29, 1.82) is 0 Å². The third-order valence-electron chi connectivity index (χ3n) is 6.41. The molecule has 4 rings (SSSR count). The van der Waals surface area contributed by atoms with E-state index >= 15 is 0 Å². The maximum absolute atomic E-state index is 13.6. The van der Waals surface area contributed by atoms with Gasteiger partial charge in [-0.25, -0.2) is 0 Å². The standard InChI is InChI=1S/C27H28ClN3O3S2/c1-3-5-8-17(4-2)15-31-26(34)24(36-27(31)35)23-20-9-6-7-10-21(20)30(25(23)33)16-22(32)29-19-13-11-18(28)12-14-19/h6-7,9-14,17H,3-5,8,15-16H2,1-2H3,(H,29,32). The first-order valence-electron chi connectivity index (χ1n) is 12.1. The number of thiocarbonyl (C=S) groups is 1. The molecule has 0 saturated carbocycles. The zero-order chi connectivity index (χ0) is 25.8. The van der Waals surface area contributed by atoms with E-state index in [4.69, 9.17) is 23.8 Å². The summed E-state index contributed by atoms with van der Waals surface area (Å²) >= 11 is 12.7. The van der Waals surface area contributed by atoms with Gasteiger partial charge >= 0.3 is 0 Å². The Morgan fingerprint density at radius 1 is 1.06 bits per heavy atom. The molecule has 0 aliphatic carbocycles. The summed E-state index contributed by atoms with van der Waals surface area (Å²) in [6.07, 6.45) is 4.20. The van der Waals surface area contributed by atoms with Crippen LogP contribution in [0.15, 0.2) is 53.4 Å². The molecule has 36 heavy (non-hydrogen) atoms. The van der Waals surface area contributed by atoms with Crippen molar-refractivity contribution >= 4 is 74.6 Å². The van der Waals surface area contributed by atoms with Gasteiger partial charge in [0.1, 0.15) is 10.9 Å². The Morgan fingerprint density at radius 3 is 2.47 bits per heavy atom. The number of anilines is 2. The van der Waals surface area contributed by atoms with Crippen LogP contribution in [0.2, 0.25) is 5.02 Å². The van der Waals surface area contributed by atoms with Crippen LogP contribution in [0.3, 0.4) is 0 Å². The van der Waals surface area contributed by atoms with E-state index in [-0.39, 0.29) is 24.3 Å². The number of amides is 3. The highest BCUT2D eigenvalue weighted by molar-refractivity contribution is 8.26. The lowest BCUT2D eigenvalue weighted by Gasteiger charge is -2.21. The first kappa shape index (κ1) is 26.4. The van der Waals surface area contributed by atoms with Crippen molar-refractivity contribution in [1.82, 2.24) is 4.90 Å². The summed E-state index contributed by atoms with van der Waals surface area (Å²) in [5, 5.41) is 3.35. The second-order valence-corrected chi connectivity index (χ2v) is 10.9. The minimum absolute atomic E-state index is 0.183. The number of unbranched alkanes of at least 4 members (excludes halogenated alkanes) is 1. The number of halogens is 1. The van der Waals surface area contributed by atoms with Crippen LogP contribution in [0.5, 0.6) is 0 Å². The fourth-order valence-electron chi connectivity index (χ4n) is 4.42. The summed E-state index contributed by atoms with van der Waals surface area (Å²) in [5.41, 5.74) is 2.13. The lowest BCUT2D eigenvalue weighted by molar-refractivity contribution is -0.123. The topological polar surface area (TPSA) is 69.7 Å². The molecule has 0 spiro atoms. The largest absolute Gasteiger partial charge is 0.325 e. The number of hydrogen-bond acceptors (Lipinski definition) is 5. The zero-order valence-corrected chi connectivity index (χ0v) is 22.6. The number of thioether (sulfide) groups is 1. The van der Waals surface area contributed by atoms with Gasteiger partial charge in [0.2, 0.25) is 5.91 Å². The molecule has 3 amide bonds. The van der Waals surface area contributed by atoms with Crippen LogP contribution < -0.4 is 10.2 Å². The Hall–Kier alpha value is -2.68. The monoisotopic (exact) mass is 541 g/mol. The average molecular weight is 542 g/mol. The van der Waals surface area contributed by atoms with Crippen molar-refractivity contribution < 1.29 is 14.4 Å². The van der Waals surface area contributed by atoms with Gasteiger partial charge < -0.3 is 5.32 Å². The Bertz CT molecular complexity index is 1230. The predicted molar refractivity (Wildman–Crippen MR) is 151 cm³/mol. The van der Waals surface area contributed by atoms with Crippen molar-refractivity contribution in [3.05, 3.63) is 64.0 Å². The van der Waals surface area contributed by atoms with Crippen molar-refractivity contribution in [3.63, 3.8) is 0 Å². The zero-order valence-electron chi connectivity index (χ0n) is 20.3. The van der Waals surface area contributed by atoms with Gasteiger partial charge in [0, 0.05) is 22.8 Å². The molecule has 0 radical (unpaired) electrons. The van der Waals surface area contributed by atoms with Crippen LogP contribution in [0.1, 0.15) is 45.1 Å². The molecular weight excluding hydrogens is 514 g/mol. The van der Waals surface area contributed by atoms with Gasteiger partial charge in [-0.3, -0.25) is 24.2 Å². The van der Waals surface area contributed by atoms with Crippen LogP contribution in [0.25, 0.3) is 5.57 Å². The van der Waals surface area contributed by atoms with Crippen LogP contribution in [-0.2, 0) is 14.4 Å². The van der Waals surface area contributed by atoms with E-state index in [1.165, 1.54) is 16.7 Å². The van der Waals surface area contributed by atoms with Gasteiger partial charge in [0.25, 0.3) is 11.8 Å². The van der Waals surface area contributed by atoms with E-state index in [2.05, 4.69) is 19.2 Å². The molecule has 0 bridgehead atoms. The molecule has 6 nitrogen and oxygen atoms in total. The number of benzene rings is 2. The van der Waals surface area contributed by atoms with Crippen LogP contribution in [0, 0.1) is 5.92 Å². The number of fused-ring (bicyclic) bond motifs is 1. The molecule has 1 fully saturated rings. The van der Waals surface area contributed by atoms with Gasteiger partial charge in [0.15, 0.2) is 0 Å². The van der Waals surface area contributed by atoms with E-state index in [0.29, 0.717) is 49.2 Å². The summed E-state index contributed by atoms with van der Waals surface area (Å²) in [6, 6.07) is 14.0. The lowest BCUT2D eigenvalue weighted by atomic mass is 9.98. The fraction of sp³-hybridized carbons (Fsp3) is 0.333. The highest BCUT2D eigenvalue weighted by Gasteiger charge is 2.42. The van der Waals surface area contributed by atoms with E-state index in [1.807, 2.05) is 18.2 Å². The smallest absolute Gasteiger partial charge is 0.267 e. The van der Waals surface area contributed by atoms with Gasteiger partial charge in [0.05, 0.1) is 16.2 Å². The molecule has 2 heterocycles.